The molecule has 1 heterocycles. The van der Waals surface area contributed by atoms with Gasteiger partial charge >= 0.3 is 5.97 Å². The molecule has 60 valence electrons. The lowest BCUT2D eigenvalue weighted by Gasteiger charge is -1.94. The first kappa shape index (κ1) is 8.07. The molecular formula is C7H9NO2S. The van der Waals surface area contributed by atoms with E-state index in [0.717, 1.165) is 5.56 Å². The van der Waals surface area contributed by atoms with Crippen LogP contribution < -0.4 is 5.73 Å². The maximum absolute atomic E-state index is 11.0. The molecule has 0 saturated carbocycles. The van der Waals surface area contributed by atoms with Crippen LogP contribution in [-0.2, 0) is 4.74 Å². The molecule has 11 heavy (non-hydrogen) atoms. The van der Waals surface area contributed by atoms with Crippen molar-refractivity contribution in [3.63, 3.8) is 0 Å². The minimum atomic E-state index is -0.316. The summed E-state index contributed by atoms with van der Waals surface area (Å²) in [5.74, 6) is -0.316. The van der Waals surface area contributed by atoms with Gasteiger partial charge in [0.2, 0.25) is 0 Å². The second-order valence-electron chi connectivity index (χ2n) is 2.15. The molecule has 0 saturated heterocycles. The molecule has 4 heteroatoms. The van der Waals surface area contributed by atoms with E-state index in [2.05, 4.69) is 4.74 Å². The highest BCUT2D eigenvalue weighted by Gasteiger charge is 2.11. The topological polar surface area (TPSA) is 52.3 Å². The number of hydrogen-bond donors (Lipinski definition) is 1. The average molecular weight is 171 g/mol. The van der Waals surface area contributed by atoms with Crippen LogP contribution in [0.2, 0.25) is 0 Å². The fourth-order valence-electron chi connectivity index (χ4n) is 0.802. The standard InChI is InChI=1S/C7H9NO2S/c1-4-3-5(8)11-6(4)7(9)10-2/h3H,8H2,1-2H3. The summed E-state index contributed by atoms with van der Waals surface area (Å²) < 4.78 is 4.55. The Bertz CT molecular complexity index is 280. The normalized spacial score (nSPS) is 9.64. The van der Waals surface area contributed by atoms with E-state index in [1.54, 1.807) is 6.07 Å². The van der Waals surface area contributed by atoms with Crippen LogP contribution in [0.3, 0.4) is 0 Å². The number of ether oxygens (including phenoxy) is 1. The van der Waals surface area contributed by atoms with Gasteiger partial charge in [-0.1, -0.05) is 0 Å². The van der Waals surface area contributed by atoms with E-state index >= 15 is 0 Å². The van der Waals surface area contributed by atoms with E-state index in [1.807, 2.05) is 6.92 Å². The number of nitrogen functional groups attached to an aromatic ring is 1. The summed E-state index contributed by atoms with van der Waals surface area (Å²) in [4.78, 5) is 11.6. The summed E-state index contributed by atoms with van der Waals surface area (Å²) in [6.45, 7) is 1.83. The lowest BCUT2D eigenvalue weighted by Crippen LogP contribution is -1.99. The average Bonchev–Trinajstić information content (AvgIpc) is 2.28. The van der Waals surface area contributed by atoms with Crippen molar-refractivity contribution in [1.82, 2.24) is 0 Å². The van der Waals surface area contributed by atoms with Gasteiger partial charge in [0, 0.05) is 0 Å². The molecule has 0 radical (unpaired) electrons. The molecule has 2 N–H and O–H groups in total. The molecule has 0 aliphatic carbocycles. The highest BCUT2D eigenvalue weighted by Crippen LogP contribution is 2.23. The number of carbonyl (C=O) groups is 1. The molecule has 1 aromatic rings. The van der Waals surface area contributed by atoms with Crippen LogP contribution in [0.1, 0.15) is 15.2 Å². The minimum Gasteiger partial charge on any atom is -0.465 e. The third-order valence-electron chi connectivity index (χ3n) is 1.31. The number of thiophene rings is 1. The van der Waals surface area contributed by atoms with Crippen molar-refractivity contribution in [1.29, 1.82) is 0 Å². The van der Waals surface area contributed by atoms with Crippen LogP contribution in [0.5, 0.6) is 0 Å². The van der Waals surface area contributed by atoms with Gasteiger partial charge in [0.05, 0.1) is 12.1 Å². The number of aryl methyl sites for hydroxylation is 1. The zero-order valence-corrected chi connectivity index (χ0v) is 7.20. The maximum atomic E-state index is 11.0. The quantitative estimate of drug-likeness (QED) is 0.650. The van der Waals surface area contributed by atoms with Gasteiger partial charge in [-0.3, -0.25) is 0 Å². The van der Waals surface area contributed by atoms with Crippen molar-refractivity contribution in [2.45, 2.75) is 6.92 Å². The maximum Gasteiger partial charge on any atom is 0.348 e. The Labute approximate surface area is 68.8 Å². The Hall–Kier alpha value is -1.03. The van der Waals surface area contributed by atoms with Crippen molar-refractivity contribution in [2.75, 3.05) is 12.8 Å². The molecule has 3 nitrogen and oxygen atoms in total. The van der Waals surface area contributed by atoms with Crippen LogP contribution >= 0.6 is 11.3 Å². The molecule has 0 aliphatic heterocycles. The van der Waals surface area contributed by atoms with Crippen LogP contribution in [-0.4, -0.2) is 13.1 Å². The van der Waals surface area contributed by atoms with Gasteiger partial charge in [0.25, 0.3) is 0 Å². The third kappa shape index (κ3) is 1.51. The molecule has 0 bridgehead atoms. The fourth-order valence-corrected chi connectivity index (χ4v) is 1.66. The van der Waals surface area contributed by atoms with E-state index in [0.29, 0.717) is 9.88 Å². The summed E-state index contributed by atoms with van der Waals surface area (Å²) in [5, 5.41) is 0.642. The highest BCUT2D eigenvalue weighted by molar-refractivity contribution is 7.17. The number of esters is 1. The summed E-state index contributed by atoms with van der Waals surface area (Å²) in [6.07, 6.45) is 0. The molecule has 0 atom stereocenters. The largest absolute Gasteiger partial charge is 0.465 e. The van der Waals surface area contributed by atoms with Gasteiger partial charge < -0.3 is 10.5 Å². The van der Waals surface area contributed by atoms with Gasteiger partial charge in [-0.15, -0.1) is 11.3 Å². The minimum absolute atomic E-state index is 0.316. The first-order valence-electron chi connectivity index (χ1n) is 3.09. The van der Waals surface area contributed by atoms with E-state index in [1.165, 1.54) is 18.4 Å². The molecule has 0 amide bonds. The molecular weight excluding hydrogens is 162 g/mol. The second-order valence-corrected chi connectivity index (χ2v) is 3.24. The Balaban J connectivity index is 3.03. The highest BCUT2D eigenvalue weighted by atomic mass is 32.1. The Morgan fingerprint density at radius 2 is 2.36 bits per heavy atom. The fraction of sp³-hybridized carbons (Fsp3) is 0.286. The van der Waals surface area contributed by atoms with Crippen molar-refractivity contribution in [3.05, 3.63) is 16.5 Å². The third-order valence-corrected chi connectivity index (χ3v) is 2.35. The molecule has 1 aromatic heterocycles. The van der Waals surface area contributed by atoms with Crippen molar-refractivity contribution >= 4 is 22.3 Å². The smallest absolute Gasteiger partial charge is 0.348 e. The lowest BCUT2D eigenvalue weighted by molar-refractivity contribution is 0.0605. The number of methoxy groups -OCH3 is 1. The van der Waals surface area contributed by atoms with Crippen LogP contribution in [0.25, 0.3) is 0 Å². The zero-order valence-electron chi connectivity index (χ0n) is 6.38. The lowest BCUT2D eigenvalue weighted by atomic mass is 10.3. The first-order valence-corrected chi connectivity index (χ1v) is 3.91. The SMILES string of the molecule is COC(=O)c1sc(N)cc1C. The van der Waals surface area contributed by atoms with E-state index < -0.39 is 0 Å². The van der Waals surface area contributed by atoms with Gasteiger partial charge in [-0.2, -0.15) is 0 Å². The number of rotatable bonds is 1. The van der Waals surface area contributed by atoms with Crippen molar-refractivity contribution in [2.24, 2.45) is 0 Å². The summed E-state index contributed by atoms with van der Waals surface area (Å²) in [6, 6.07) is 1.76. The van der Waals surface area contributed by atoms with E-state index in [-0.39, 0.29) is 5.97 Å². The molecule has 0 fully saturated rings. The van der Waals surface area contributed by atoms with Crippen LogP contribution in [0.4, 0.5) is 5.00 Å². The molecule has 0 aliphatic rings. The summed E-state index contributed by atoms with van der Waals surface area (Å²) in [7, 11) is 1.36. The predicted octanol–water partition coefficient (Wildman–Crippen LogP) is 1.43. The number of hydrogen-bond acceptors (Lipinski definition) is 4. The van der Waals surface area contributed by atoms with Gasteiger partial charge in [-0.25, -0.2) is 4.79 Å². The monoisotopic (exact) mass is 171 g/mol. The molecule has 0 unspecified atom stereocenters. The van der Waals surface area contributed by atoms with Gasteiger partial charge in [-0.05, 0) is 18.6 Å². The Kier molecular flexibility index (Phi) is 2.14. The van der Waals surface area contributed by atoms with Crippen molar-refractivity contribution in [3.8, 4) is 0 Å². The number of anilines is 1. The first-order chi connectivity index (χ1) is 5.15. The summed E-state index contributed by atoms with van der Waals surface area (Å²) >= 11 is 1.25. The Morgan fingerprint density at radius 3 is 2.73 bits per heavy atom. The number of carbonyl (C=O) groups excluding carboxylic acids is 1. The van der Waals surface area contributed by atoms with Crippen LogP contribution in [0.15, 0.2) is 6.07 Å². The van der Waals surface area contributed by atoms with E-state index in [4.69, 9.17) is 5.73 Å². The number of nitrogens with two attached hydrogens (primary N) is 1. The molecule has 0 aromatic carbocycles. The molecule has 1 rings (SSSR count). The summed E-state index contributed by atoms with van der Waals surface area (Å²) in [5.41, 5.74) is 6.36. The zero-order chi connectivity index (χ0) is 8.43. The van der Waals surface area contributed by atoms with Gasteiger partial charge in [0.15, 0.2) is 0 Å². The van der Waals surface area contributed by atoms with E-state index in [9.17, 15) is 4.79 Å². The Morgan fingerprint density at radius 1 is 1.73 bits per heavy atom. The molecule has 0 spiro atoms. The van der Waals surface area contributed by atoms with Crippen LogP contribution in [0, 0.1) is 6.92 Å². The second kappa shape index (κ2) is 2.92. The predicted molar refractivity (Wildman–Crippen MR) is 44.8 cm³/mol. The van der Waals surface area contributed by atoms with Crippen molar-refractivity contribution < 1.29 is 9.53 Å². The van der Waals surface area contributed by atoms with Gasteiger partial charge in [0.1, 0.15) is 4.88 Å².